The van der Waals surface area contributed by atoms with E-state index in [0.717, 1.165) is 4.88 Å². The lowest BCUT2D eigenvalue weighted by Gasteiger charge is -2.07. The average Bonchev–Trinajstić information content (AvgIpc) is 3.34. The van der Waals surface area contributed by atoms with E-state index in [4.69, 9.17) is 32.5 Å². The Balaban J connectivity index is 1.47. The number of hydrogen-bond donors (Lipinski definition) is 0. The van der Waals surface area contributed by atoms with Gasteiger partial charge in [0.25, 0.3) is 5.89 Å². The standard InChI is InChI=1S/C16H10Cl2N4O2S/c17-10-3-4-13(11(18)8-10)23-9-22-6-5-12(20-22)16-19-15(21-24-16)14-2-1-7-25-14/h1-8H,9H2. The van der Waals surface area contributed by atoms with E-state index >= 15 is 0 Å². The minimum Gasteiger partial charge on any atom is -0.470 e. The zero-order chi connectivity index (χ0) is 17.2. The van der Waals surface area contributed by atoms with Gasteiger partial charge in [0.1, 0.15) is 5.75 Å². The first kappa shape index (κ1) is 16.1. The van der Waals surface area contributed by atoms with Crippen molar-refractivity contribution in [1.29, 1.82) is 0 Å². The molecule has 0 spiro atoms. The van der Waals surface area contributed by atoms with Crippen LogP contribution in [0.25, 0.3) is 22.3 Å². The number of benzene rings is 1. The zero-order valence-corrected chi connectivity index (χ0v) is 14.9. The van der Waals surface area contributed by atoms with Crippen molar-refractivity contribution < 1.29 is 9.26 Å². The molecule has 0 aliphatic heterocycles. The van der Waals surface area contributed by atoms with Gasteiger partial charge in [0.15, 0.2) is 12.4 Å². The summed E-state index contributed by atoms with van der Waals surface area (Å²) in [4.78, 5) is 5.30. The molecule has 9 heteroatoms. The number of hydrogen-bond acceptors (Lipinski definition) is 6. The van der Waals surface area contributed by atoms with Crippen molar-refractivity contribution in [3.05, 3.63) is 58.0 Å². The van der Waals surface area contributed by atoms with Crippen molar-refractivity contribution in [3.8, 4) is 28.0 Å². The molecule has 6 nitrogen and oxygen atoms in total. The number of thiophene rings is 1. The van der Waals surface area contributed by atoms with Crippen molar-refractivity contribution in [2.75, 3.05) is 0 Å². The van der Waals surface area contributed by atoms with Crippen LogP contribution in [0.15, 0.2) is 52.5 Å². The van der Waals surface area contributed by atoms with Crippen LogP contribution in [-0.4, -0.2) is 19.9 Å². The minimum atomic E-state index is 0.188. The lowest BCUT2D eigenvalue weighted by atomic mass is 10.3. The molecular formula is C16H10Cl2N4O2S. The van der Waals surface area contributed by atoms with Crippen LogP contribution in [0.4, 0.5) is 0 Å². The Hall–Kier alpha value is -2.35. The Labute approximate surface area is 156 Å². The number of ether oxygens (including phenoxy) is 1. The molecule has 0 N–H and O–H groups in total. The molecule has 4 aromatic rings. The summed E-state index contributed by atoms with van der Waals surface area (Å²) in [5.74, 6) is 1.43. The first-order chi connectivity index (χ1) is 12.2. The minimum absolute atomic E-state index is 0.188. The van der Waals surface area contributed by atoms with E-state index in [2.05, 4.69) is 15.2 Å². The Kier molecular flexibility index (Phi) is 4.44. The summed E-state index contributed by atoms with van der Waals surface area (Å²) in [5.41, 5.74) is 0.570. The first-order valence-electron chi connectivity index (χ1n) is 7.18. The van der Waals surface area contributed by atoms with Gasteiger partial charge in [0.2, 0.25) is 5.82 Å². The second kappa shape index (κ2) is 6.87. The van der Waals surface area contributed by atoms with Gasteiger partial charge < -0.3 is 9.26 Å². The molecule has 1 aromatic carbocycles. The van der Waals surface area contributed by atoms with E-state index in [9.17, 15) is 0 Å². The fourth-order valence-electron chi connectivity index (χ4n) is 2.11. The van der Waals surface area contributed by atoms with E-state index in [0.29, 0.717) is 33.2 Å². The highest BCUT2D eigenvalue weighted by Crippen LogP contribution is 2.28. The highest BCUT2D eigenvalue weighted by atomic mass is 35.5. The zero-order valence-electron chi connectivity index (χ0n) is 12.6. The molecule has 3 aromatic heterocycles. The van der Waals surface area contributed by atoms with Crippen LogP contribution in [0.2, 0.25) is 10.0 Å². The number of rotatable bonds is 5. The maximum Gasteiger partial charge on any atom is 0.278 e. The van der Waals surface area contributed by atoms with Crippen LogP contribution < -0.4 is 4.74 Å². The predicted molar refractivity (Wildman–Crippen MR) is 95.9 cm³/mol. The summed E-state index contributed by atoms with van der Waals surface area (Å²) in [7, 11) is 0. The van der Waals surface area contributed by atoms with Crippen molar-refractivity contribution in [2.24, 2.45) is 0 Å². The number of aromatic nitrogens is 4. The molecule has 0 saturated heterocycles. The Morgan fingerprint density at radius 1 is 1.20 bits per heavy atom. The van der Waals surface area contributed by atoms with Crippen LogP contribution in [0, 0.1) is 0 Å². The summed E-state index contributed by atoms with van der Waals surface area (Å²) in [6.45, 7) is 0.188. The first-order valence-corrected chi connectivity index (χ1v) is 8.82. The van der Waals surface area contributed by atoms with Crippen LogP contribution >= 0.6 is 34.5 Å². The number of halogens is 2. The van der Waals surface area contributed by atoms with E-state index < -0.39 is 0 Å². The van der Waals surface area contributed by atoms with Gasteiger partial charge in [-0.3, -0.25) is 0 Å². The molecule has 0 unspecified atom stereocenters. The molecule has 0 fully saturated rings. The molecule has 0 atom stereocenters. The van der Waals surface area contributed by atoms with Crippen molar-refractivity contribution in [1.82, 2.24) is 19.9 Å². The molecule has 3 heterocycles. The molecule has 126 valence electrons. The summed E-state index contributed by atoms with van der Waals surface area (Å²) in [6, 6.07) is 10.7. The molecule has 25 heavy (non-hydrogen) atoms. The van der Waals surface area contributed by atoms with E-state index in [1.165, 1.54) is 0 Å². The predicted octanol–water partition coefficient (Wildman–Crippen LogP) is 5.00. The monoisotopic (exact) mass is 392 g/mol. The van der Waals surface area contributed by atoms with E-state index in [-0.39, 0.29) is 6.73 Å². The van der Waals surface area contributed by atoms with Gasteiger partial charge in [0, 0.05) is 11.2 Å². The topological polar surface area (TPSA) is 66.0 Å². The van der Waals surface area contributed by atoms with Gasteiger partial charge in [-0.15, -0.1) is 11.3 Å². The quantitative estimate of drug-likeness (QED) is 0.477. The van der Waals surface area contributed by atoms with E-state index in [1.54, 1.807) is 46.5 Å². The highest BCUT2D eigenvalue weighted by molar-refractivity contribution is 7.13. The molecule has 0 saturated carbocycles. The van der Waals surface area contributed by atoms with Gasteiger partial charge >= 0.3 is 0 Å². The lowest BCUT2D eigenvalue weighted by molar-refractivity contribution is 0.221. The van der Waals surface area contributed by atoms with Gasteiger partial charge in [0.05, 0.1) is 9.90 Å². The summed E-state index contributed by atoms with van der Waals surface area (Å²) in [6.07, 6.45) is 1.76. The fraction of sp³-hybridized carbons (Fsp3) is 0.0625. The normalized spacial score (nSPS) is 11.0. The van der Waals surface area contributed by atoms with Crippen molar-refractivity contribution in [3.63, 3.8) is 0 Å². The van der Waals surface area contributed by atoms with Gasteiger partial charge in [-0.25, -0.2) is 4.68 Å². The van der Waals surface area contributed by atoms with Crippen LogP contribution in [0.1, 0.15) is 0 Å². The third-order valence-electron chi connectivity index (χ3n) is 3.27. The smallest absolute Gasteiger partial charge is 0.278 e. The highest BCUT2D eigenvalue weighted by Gasteiger charge is 2.14. The fourth-order valence-corrected chi connectivity index (χ4v) is 3.22. The third-order valence-corrected chi connectivity index (χ3v) is 4.67. The summed E-state index contributed by atoms with van der Waals surface area (Å²) >= 11 is 13.5. The molecule has 0 bridgehead atoms. The van der Waals surface area contributed by atoms with Gasteiger partial charge in [-0.2, -0.15) is 10.1 Å². The van der Waals surface area contributed by atoms with Crippen LogP contribution in [0.3, 0.4) is 0 Å². The summed E-state index contributed by atoms with van der Waals surface area (Å²) in [5, 5.41) is 11.3. The van der Waals surface area contributed by atoms with Gasteiger partial charge in [-0.1, -0.05) is 34.4 Å². The maximum absolute atomic E-state index is 6.08. The molecule has 4 rings (SSSR count). The van der Waals surface area contributed by atoms with Gasteiger partial charge in [-0.05, 0) is 35.7 Å². The van der Waals surface area contributed by atoms with E-state index in [1.807, 2.05) is 17.5 Å². The summed E-state index contributed by atoms with van der Waals surface area (Å²) < 4.78 is 12.5. The second-order valence-corrected chi connectivity index (χ2v) is 6.78. The largest absolute Gasteiger partial charge is 0.470 e. The molecule has 0 amide bonds. The van der Waals surface area contributed by atoms with Crippen LogP contribution in [0.5, 0.6) is 5.75 Å². The van der Waals surface area contributed by atoms with Crippen molar-refractivity contribution in [2.45, 2.75) is 6.73 Å². The SMILES string of the molecule is Clc1ccc(OCn2ccc(-c3nc(-c4cccs4)no3)n2)c(Cl)c1. The van der Waals surface area contributed by atoms with Crippen LogP contribution in [-0.2, 0) is 6.73 Å². The molecular weight excluding hydrogens is 383 g/mol. The lowest BCUT2D eigenvalue weighted by Crippen LogP contribution is -2.06. The molecule has 0 aliphatic carbocycles. The number of nitrogens with zero attached hydrogens (tertiary/aromatic N) is 4. The Bertz CT molecular complexity index is 997. The Morgan fingerprint density at radius 2 is 2.12 bits per heavy atom. The Morgan fingerprint density at radius 3 is 2.92 bits per heavy atom. The van der Waals surface area contributed by atoms with Crippen molar-refractivity contribution >= 4 is 34.5 Å². The molecule has 0 radical (unpaired) electrons. The average molecular weight is 393 g/mol. The molecule has 0 aliphatic rings. The maximum atomic E-state index is 6.08. The second-order valence-electron chi connectivity index (χ2n) is 4.99. The third kappa shape index (κ3) is 3.53.